The van der Waals surface area contributed by atoms with Gasteiger partial charge in [0.15, 0.2) is 5.82 Å². The van der Waals surface area contributed by atoms with E-state index in [4.69, 9.17) is 9.26 Å². The van der Waals surface area contributed by atoms with Gasteiger partial charge >= 0.3 is 0 Å². The van der Waals surface area contributed by atoms with Crippen molar-refractivity contribution in [1.29, 1.82) is 0 Å². The second-order valence-electron chi connectivity index (χ2n) is 6.61. The van der Waals surface area contributed by atoms with Crippen molar-refractivity contribution in [2.24, 2.45) is 0 Å². The first-order valence-electron chi connectivity index (χ1n) is 8.81. The number of carbonyl (C=O) groups excluding carboxylic acids is 2. The summed E-state index contributed by atoms with van der Waals surface area (Å²) in [5, 5.41) is 6.10. The van der Waals surface area contributed by atoms with E-state index in [0.717, 1.165) is 19.3 Å². The van der Waals surface area contributed by atoms with Crippen LogP contribution in [-0.4, -0.2) is 58.2 Å². The number of aromatic nitrogens is 1. The van der Waals surface area contributed by atoms with E-state index in [2.05, 4.69) is 10.5 Å². The maximum atomic E-state index is 12.6. The van der Waals surface area contributed by atoms with E-state index in [1.165, 1.54) is 18.2 Å². The van der Waals surface area contributed by atoms with Crippen LogP contribution in [0.3, 0.4) is 0 Å². The van der Waals surface area contributed by atoms with Gasteiger partial charge in [-0.1, -0.05) is 18.0 Å². The van der Waals surface area contributed by atoms with Crippen LogP contribution >= 0.6 is 11.8 Å². The Morgan fingerprint density at radius 3 is 3.00 bits per heavy atom. The second kappa shape index (κ2) is 8.23. The van der Waals surface area contributed by atoms with E-state index in [0.29, 0.717) is 30.5 Å². The van der Waals surface area contributed by atoms with Gasteiger partial charge in [-0.3, -0.25) is 9.59 Å². The van der Waals surface area contributed by atoms with Crippen molar-refractivity contribution in [2.75, 3.05) is 24.2 Å². The summed E-state index contributed by atoms with van der Waals surface area (Å²) in [6, 6.07) is 1.87. The number of amides is 2. The van der Waals surface area contributed by atoms with Crippen LogP contribution in [0.15, 0.2) is 10.6 Å². The summed E-state index contributed by atoms with van der Waals surface area (Å²) in [5.41, 5.74) is 0. The molecule has 2 fully saturated rings. The zero-order valence-corrected chi connectivity index (χ0v) is 15.5. The van der Waals surface area contributed by atoms with Crippen LogP contribution in [-0.2, 0) is 14.3 Å². The molecule has 0 radical (unpaired) electrons. The van der Waals surface area contributed by atoms with E-state index in [1.54, 1.807) is 19.9 Å². The number of nitrogens with one attached hydrogen (secondary N) is 1. The molecule has 2 heterocycles. The summed E-state index contributed by atoms with van der Waals surface area (Å²) in [6.07, 6.45) is 4.57. The molecular formula is C17H25N3O4S. The third-order valence-corrected chi connectivity index (χ3v) is 5.89. The van der Waals surface area contributed by atoms with Gasteiger partial charge < -0.3 is 19.5 Å². The quantitative estimate of drug-likeness (QED) is 0.859. The maximum absolute atomic E-state index is 12.6. The SMILES string of the molecule is Cc1cc(NC(=O)C(C)SCC(=O)N2CCOC3CCCCC32)no1. The minimum absolute atomic E-state index is 0.0992. The first-order valence-corrected chi connectivity index (χ1v) is 9.86. The normalized spacial score (nSPS) is 24.5. The molecule has 1 saturated carbocycles. The van der Waals surface area contributed by atoms with Crippen molar-refractivity contribution in [3.8, 4) is 0 Å². The number of rotatable bonds is 5. The average Bonchev–Trinajstić information content (AvgIpc) is 3.03. The number of morpholine rings is 1. The molecular weight excluding hydrogens is 342 g/mol. The van der Waals surface area contributed by atoms with Crippen LogP contribution in [0, 0.1) is 6.92 Å². The fourth-order valence-electron chi connectivity index (χ4n) is 3.41. The minimum atomic E-state index is -0.343. The molecule has 1 aliphatic heterocycles. The molecule has 1 aromatic heterocycles. The molecule has 2 amide bonds. The van der Waals surface area contributed by atoms with Gasteiger partial charge in [0.2, 0.25) is 11.8 Å². The van der Waals surface area contributed by atoms with Crippen LogP contribution in [0.25, 0.3) is 0 Å². The van der Waals surface area contributed by atoms with Crippen molar-refractivity contribution in [1.82, 2.24) is 10.1 Å². The topological polar surface area (TPSA) is 84.7 Å². The number of hydrogen-bond acceptors (Lipinski definition) is 6. The molecule has 1 saturated heterocycles. The molecule has 3 atom stereocenters. The Bertz CT molecular complexity index is 619. The van der Waals surface area contributed by atoms with Gasteiger partial charge in [-0.2, -0.15) is 0 Å². The van der Waals surface area contributed by atoms with Crippen LogP contribution in [0.2, 0.25) is 0 Å². The van der Waals surface area contributed by atoms with Gasteiger partial charge in [-0.05, 0) is 26.7 Å². The Hall–Kier alpha value is -1.54. The van der Waals surface area contributed by atoms with Crippen molar-refractivity contribution in [2.45, 2.75) is 56.9 Å². The lowest BCUT2D eigenvalue weighted by Gasteiger charge is -2.43. The van der Waals surface area contributed by atoms with Crippen LogP contribution in [0.5, 0.6) is 0 Å². The molecule has 2 aliphatic rings. The first kappa shape index (κ1) is 18.3. The van der Waals surface area contributed by atoms with Gasteiger partial charge in [0.25, 0.3) is 0 Å². The lowest BCUT2D eigenvalue weighted by Crippen LogP contribution is -2.55. The molecule has 0 aromatic carbocycles. The number of nitrogens with zero attached hydrogens (tertiary/aromatic N) is 2. The Labute approximate surface area is 151 Å². The number of anilines is 1. The van der Waals surface area contributed by atoms with E-state index >= 15 is 0 Å². The fraction of sp³-hybridized carbons (Fsp3) is 0.706. The zero-order valence-electron chi connectivity index (χ0n) is 14.7. The van der Waals surface area contributed by atoms with E-state index in [9.17, 15) is 9.59 Å². The smallest absolute Gasteiger partial charge is 0.238 e. The highest BCUT2D eigenvalue weighted by Gasteiger charge is 2.36. The summed E-state index contributed by atoms with van der Waals surface area (Å²) in [4.78, 5) is 26.8. The molecule has 0 spiro atoms. The highest BCUT2D eigenvalue weighted by Crippen LogP contribution is 2.29. The number of carbonyl (C=O) groups is 2. The molecule has 0 bridgehead atoms. The van der Waals surface area contributed by atoms with Crippen molar-refractivity contribution >= 4 is 29.4 Å². The Kier molecular flexibility index (Phi) is 6.01. The number of thioether (sulfide) groups is 1. The molecule has 1 aliphatic carbocycles. The number of fused-ring (bicyclic) bond motifs is 1. The summed E-state index contributed by atoms with van der Waals surface area (Å²) < 4.78 is 10.7. The minimum Gasteiger partial charge on any atom is -0.374 e. The molecule has 1 aromatic rings. The fourth-order valence-corrected chi connectivity index (χ4v) is 4.18. The van der Waals surface area contributed by atoms with Crippen LogP contribution < -0.4 is 5.32 Å². The zero-order chi connectivity index (χ0) is 17.8. The van der Waals surface area contributed by atoms with E-state index in [-0.39, 0.29) is 29.2 Å². The van der Waals surface area contributed by atoms with Gasteiger partial charge in [0.05, 0.1) is 29.8 Å². The van der Waals surface area contributed by atoms with Crippen LogP contribution in [0.4, 0.5) is 5.82 Å². The predicted octanol–water partition coefficient (Wildman–Crippen LogP) is 2.21. The van der Waals surface area contributed by atoms with Gasteiger partial charge in [-0.25, -0.2) is 0 Å². The Balaban J connectivity index is 1.48. The van der Waals surface area contributed by atoms with Gasteiger partial charge in [0, 0.05) is 12.6 Å². The lowest BCUT2D eigenvalue weighted by molar-refractivity contribution is -0.146. The van der Waals surface area contributed by atoms with Crippen LogP contribution in [0.1, 0.15) is 38.4 Å². The Morgan fingerprint density at radius 1 is 1.44 bits per heavy atom. The number of aryl methyl sites for hydroxylation is 1. The van der Waals surface area contributed by atoms with E-state index in [1.807, 2.05) is 4.90 Å². The standard InChI is InChI=1S/C17H25N3O4S/c1-11-9-15(19-24-11)18-17(22)12(2)25-10-16(21)20-7-8-23-14-6-4-3-5-13(14)20/h9,12-14H,3-8,10H2,1-2H3,(H,18,19,22). The maximum Gasteiger partial charge on any atom is 0.238 e. The van der Waals surface area contributed by atoms with Gasteiger partial charge in [0.1, 0.15) is 5.76 Å². The predicted molar refractivity (Wildman–Crippen MR) is 95.5 cm³/mol. The van der Waals surface area contributed by atoms with E-state index < -0.39 is 0 Å². The van der Waals surface area contributed by atoms with Crippen molar-refractivity contribution in [3.05, 3.63) is 11.8 Å². The van der Waals surface area contributed by atoms with Crippen molar-refractivity contribution < 1.29 is 18.8 Å². The summed E-state index contributed by atoms with van der Waals surface area (Å²) in [6.45, 7) is 4.82. The summed E-state index contributed by atoms with van der Waals surface area (Å²) >= 11 is 1.35. The molecule has 7 nitrogen and oxygen atoms in total. The van der Waals surface area contributed by atoms with Gasteiger partial charge in [-0.15, -0.1) is 11.8 Å². The first-order chi connectivity index (χ1) is 12.0. The Morgan fingerprint density at radius 2 is 2.24 bits per heavy atom. The summed E-state index contributed by atoms with van der Waals surface area (Å²) in [5.74, 6) is 1.26. The largest absolute Gasteiger partial charge is 0.374 e. The lowest BCUT2D eigenvalue weighted by atomic mass is 9.90. The third-order valence-electron chi connectivity index (χ3n) is 4.76. The molecule has 3 rings (SSSR count). The monoisotopic (exact) mass is 367 g/mol. The molecule has 138 valence electrons. The highest BCUT2D eigenvalue weighted by atomic mass is 32.2. The molecule has 3 unspecified atom stereocenters. The number of hydrogen-bond donors (Lipinski definition) is 1. The molecule has 1 N–H and O–H groups in total. The average molecular weight is 367 g/mol. The third kappa shape index (κ3) is 4.55. The molecule has 25 heavy (non-hydrogen) atoms. The number of ether oxygens (including phenoxy) is 1. The summed E-state index contributed by atoms with van der Waals surface area (Å²) in [7, 11) is 0. The van der Waals surface area contributed by atoms with Crippen molar-refractivity contribution in [3.63, 3.8) is 0 Å². The second-order valence-corrected chi connectivity index (χ2v) is 7.94. The highest BCUT2D eigenvalue weighted by molar-refractivity contribution is 8.01. The molecule has 8 heteroatoms.